The van der Waals surface area contributed by atoms with Gasteiger partial charge in [-0.3, -0.25) is 10.1 Å². The van der Waals surface area contributed by atoms with E-state index in [9.17, 15) is 9.59 Å². The van der Waals surface area contributed by atoms with E-state index in [0.29, 0.717) is 22.1 Å². The molecule has 0 radical (unpaired) electrons. The summed E-state index contributed by atoms with van der Waals surface area (Å²) in [4.78, 5) is 22.4. The third-order valence-corrected chi connectivity index (χ3v) is 2.77. The fraction of sp³-hybridized carbons (Fsp3) is 0.167. The van der Waals surface area contributed by atoms with E-state index in [1.807, 2.05) is 0 Å². The highest BCUT2D eigenvalue weighted by molar-refractivity contribution is 6.32. The van der Waals surface area contributed by atoms with Crippen LogP contribution in [-0.4, -0.2) is 26.2 Å². The lowest BCUT2D eigenvalue weighted by Crippen LogP contribution is -2.22. The molecule has 6 nitrogen and oxygen atoms in total. The molecule has 1 aromatic rings. The number of hydrogen-bond donors (Lipinski definition) is 2. The molecule has 7 heteroatoms. The van der Waals surface area contributed by atoms with Crippen molar-refractivity contribution in [1.29, 1.82) is 0 Å². The number of carbonyl (C=O) groups excluding carboxylic acids is 2. The van der Waals surface area contributed by atoms with E-state index >= 15 is 0 Å². The van der Waals surface area contributed by atoms with Gasteiger partial charge in [0.2, 0.25) is 0 Å². The lowest BCUT2D eigenvalue weighted by Gasteiger charge is -2.10. The van der Waals surface area contributed by atoms with Crippen molar-refractivity contribution >= 4 is 29.6 Å². The van der Waals surface area contributed by atoms with Crippen LogP contribution in [0.15, 0.2) is 17.8 Å². The van der Waals surface area contributed by atoms with Crippen LogP contribution < -0.4 is 20.1 Å². The molecule has 0 atom stereocenters. The van der Waals surface area contributed by atoms with Gasteiger partial charge in [-0.25, -0.2) is 4.79 Å². The van der Waals surface area contributed by atoms with Crippen LogP contribution in [-0.2, 0) is 4.79 Å². The van der Waals surface area contributed by atoms with Crippen LogP contribution in [0.2, 0.25) is 5.02 Å². The van der Waals surface area contributed by atoms with E-state index in [1.54, 1.807) is 12.1 Å². The summed E-state index contributed by atoms with van der Waals surface area (Å²) in [7, 11) is 2.96. The first kappa shape index (κ1) is 13.2. The zero-order valence-electron chi connectivity index (χ0n) is 10.2. The first-order valence-corrected chi connectivity index (χ1v) is 5.68. The molecule has 100 valence electrons. The normalized spacial score (nSPS) is 16.3. The largest absolute Gasteiger partial charge is 0.493 e. The van der Waals surface area contributed by atoms with Gasteiger partial charge < -0.3 is 14.8 Å². The summed E-state index contributed by atoms with van der Waals surface area (Å²) < 4.78 is 10.2. The Hall–Kier alpha value is -2.21. The number of urea groups is 1. The summed E-state index contributed by atoms with van der Waals surface area (Å²) in [6.07, 6.45) is 1.49. The summed E-state index contributed by atoms with van der Waals surface area (Å²) in [6, 6.07) is 2.70. The van der Waals surface area contributed by atoms with E-state index in [0.717, 1.165) is 0 Å². The number of rotatable bonds is 3. The molecular weight excluding hydrogens is 272 g/mol. The summed E-state index contributed by atoms with van der Waals surface area (Å²) in [5.41, 5.74) is 0.753. The quantitative estimate of drug-likeness (QED) is 0.651. The lowest BCUT2D eigenvalue weighted by molar-refractivity contribution is -0.115. The van der Waals surface area contributed by atoms with Crippen LogP contribution in [0.5, 0.6) is 11.5 Å². The van der Waals surface area contributed by atoms with Crippen LogP contribution in [0.4, 0.5) is 4.79 Å². The summed E-state index contributed by atoms with van der Waals surface area (Å²) >= 11 is 6.04. The number of halogens is 1. The predicted molar refractivity (Wildman–Crippen MR) is 69.2 cm³/mol. The van der Waals surface area contributed by atoms with Crippen molar-refractivity contribution in [3.63, 3.8) is 0 Å². The van der Waals surface area contributed by atoms with Crippen LogP contribution >= 0.6 is 11.6 Å². The number of imide groups is 1. The zero-order valence-corrected chi connectivity index (χ0v) is 11.0. The standard InChI is InChI=1S/C12H11ClN2O4/c1-18-9-5-6(3-7(13)10(9)19-2)4-8-11(16)15-12(17)14-8/h3-5H,1-2H3,(H2,14,15,16,17)/b8-4-. The lowest BCUT2D eigenvalue weighted by atomic mass is 10.1. The minimum atomic E-state index is -0.553. The maximum atomic E-state index is 11.4. The Bertz CT molecular complexity index is 583. The van der Waals surface area contributed by atoms with Crippen LogP contribution in [0.25, 0.3) is 6.08 Å². The van der Waals surface area contributed by atoms with Gasteiger partial charge in [0.15, 0.2) is 11.5 Å². The fourth-order valence-electron chi connectivity index (χ4n) is 1.67. The second kappa shape index (κ2) is 5.19. The summed E-state index contributed by atoms with van der Waals surface area (Å²) in [6.45, 7) is 0. The Morgan fingerprint density at radius 3 is 2.42 bits per heavy atom. The minimum Gasteiger partial charge on any atom is -0.493 e. The van der Waals surface area contributed by atoms with E-state index in [1.165, 1.54) is 20.3 Å². The van der Waals surface area contributed by atoms with Gasteiger partial charge in [0.25, 0.3) is 5.91 Å². The van der Waals surface area contributed by atoms with Crippen LogP contribution in [0.1, 0.15) is 5.56 Å². The Kier molecular flexibility index (Phi) is 3.62. The second-order valence-corrected chi connectivity index (χ2v) is 4.11. The smallest absolute Gasteiger partial charge is 0.326 e. The maximum Gasteiger partial charge on any atom is 0.326 e. The third-order valence-electron chi connectivity index (χ3n) is 2.49. The summed E-state index contributed by atoms with van der Waals surface area (Å²) in [5, 5.41) is 4.84. The first-order valence-electron chi connectivity index (χ1n) is 5.30. The average Bonchev–Trinajstić information content (AvgIpc) is 2.67. The third kappa shape index (κ3) is 2.63. The molecule has 3 amide bonds. The average molecular weight is 283 g/mol. The van der Waals surface area contributed by atoms with Crippen molar-refractivity contribution < 1.29 is 19.1 Å². The Labute approximate surface area is 114 Å². The minimum absolute atomic E-state index is 0.147. The van der Waals surface area contributed by atoms with E-state index < -0.39 is 11.9 Å². The van der Waals surface area contributed by atoms with Gasteiger partial charge in [-0.15, -0.1) is 0 Å². The molecular formula is C12H11ClN2O4. The van der Waals surface area contributed by atoms with E-state index in [-0.39, 0.29) is 5.70 Å². The molecule has 2 rings (SSSR count). The molecule has 0 aliphatic carbocycles. The van der Waals surface area contributed by atoms with E-state index in [4.69, 9.17) is 21.1 Å². The van der Waals surface area contributed by atoms with Crippen molar-refractivity contribution in [2.75, 3.05) is 14.2 Å². The van der Waals surface area contributed by atoms with Gasteiger partial charge in [-0.1, -0.05) is 11.6 Å². The van der Waals surface area contributed by atoms with Crippen molar-refractivity contribution in [2.24, 2.45) is 0 Å². The SMILES string of the molecule is COc1cc(/C=C2\NC(=O)NC2=O)cc(Cl)c1OC. The molecule has 0 unspecified atom stereocenters. The van der Waals surface area contributed by atoms with Gasteiger partial charge in [-0.2, -0.15) is 0 Å². The fourth-order valence-corrected chi connectivity index (χ4v) is 1.97. The van der Waals surface area contributed by atoms with Gasteiger partial charge in [0.1, 0.15) is 5.70 Å². The Morgan fingerprint density at radius 2 is 1.89 bits per heavy atom. The number of amides is 3. The topological polar surface area (TPSA) is 76.7 Å². The molecule has 1 saturated heterocycles. The van der Waals surface area contributed by atoms with E-state index in [2.05, 4.69) is 10.6 Å². The molecule has 19 heavy (non-hydrogen) atoms. The number of ether oxygens (including phenoxy) is 2. The summed E-state index contributed by atoms with van der Waals surface area (Å²) in [5.74, 6) is 0.355. The highest BCUT2D eigenvalue weighted by atomic mass is 35.5. The first-order chi connectivity index (χ1) is 9.05. The van der Waals surface area contributed by atoms with Crippen LogP contribution in [0.3, 0.4) is 0 Å². The van der Waals surface area contributed by atoms with Crippen molar-refractivity contribution in [3.05, 3.63) is 28.4 Å². The monoisotopic (exact) mass is 282 g/mol. The Morgan fingerprint density at radius 1 is 1.16 bits per heavy atom. The number of benzene rings is 1. The zero-order chi connectivity index (χ0) is 14.0. The van der Waals surface area contributed by atoms with Crippen molar-refractivity contribution in [3.8, 4) is 11.5 Å². The predicted octanol–water partition coefficient (Wildman–Crippen LogP) is 1.54. The molecule has 0 bridgehead atoms. The van der Waals surface area contributed by atoms with Crippen LogP contribution in [0, 0.1) is 0 Å². The Balaban J connectivity index is 2.42. The molecule has 0 spiro atoms. The number of methoxy groups -OCH3 is 2. The molecule has 1 aromatic carbocycles. The molecule has 1 heterocycles. The molecule has 0 saturated carbocycles. The molecule has 0 aromatic heterocycles. The molecule has 1 fully saturated rings. The maximum absolute atomic E-state index is 11.4. The highest BCUT2D eigenvalue weighted by Crippen LogP contribution is 2.36. The second-order valence-electron chi connectivity index (χ2n) is 3.70. The number of hydrogen-bond acceptors (Lipinski definition) is 4. The van der Waals surface area contributed by atoms with Crippen molar-refractivity contribution in [2.45, 2.75) is 0 Å². The number of carbonyl (C=O) groups is 2. The highest BCUT2D eigenvalue weighted by Gasteiger charge is 2.23. The molecule has 1 aliphatic rings. The molecule has 2 N–H and O–H groups in total. The van der Waals surface area contributed by atoms with Gasteiger partial charge >= 0.3 is 6.03 Å². The van der Waals surface area contributed by atoms with Gasteiger partial charge in [0.05, 0.1) is 19.2 Å². The molecule has 1 aliphatic heterocycles. The van der Waals surface area contributed by atoms with Crippen molar-refractivity contribution in [1.82, 2.24) is 10.6 Å². The number of nitrogens with one attached hydrogen (secondary N) is 2. The van der Waals surface area contributed by atoms with Gasteiger partial charge in [-0.05, 0) is 23.8 Å². The van der Waals surface area contributed by atoms with Gasteiger partial charge in [0, 0.05) is 0 Å².